The normalized spacial score (nSPS) is 31.1. The van der Waals surface area contributed by atoms with Crippen LogP contribution in [0.4, 0.5) is 13.2 Å². The van der Waals surface area contributed by atoms with Gasteiger partial charge in [0.1, 0.15) is 0 Å². The fraction of sp³-hybridized carbons (Fsp3) is 1.00. The van der Waals surface area contributed by atoms with Gasteiger partial charge in [0.05, 0.1) is 5.41 Å². The van der Waals surface area contributed by atoms with Crippen molar-refractivity contribution in [1.29, 1.82) is 0 Å². The van der Waals surface area contributed by atoms with Crippen LogP contribution in [-0.2, 0) is 0 Å². The Kier molecular flexibility index (Phi) is 10.9. The fourth-order valence-corrected chi connectivity index (χ4v) is 6.21. The third kappa shape index (κ3) is 7.76. The summed E-state index contributed by atoms with van der Waals surface area (Å²) in [4.78, 5) is 0. The summed E-state index contributed by atoms with van der Waals surface area (Å²) in [7, 11) is 0. The average Bonchev–Trinajstić information content (AvgIpc) is 2.71. The van der Waals surface area contributed by atoms with E-state index >= 15 is 0 Å². The van der Waals surface area contributed by atoms with Gasteiger partial charge in [-0.1, -0.05) is 90.9 Å². The zero-order valence-electron chi connectivity index (χ0n) is 19.3. The first-order chi connectivity index (χ1) is 13.9. The smallest absolute Gasteiger partial charge is 0.171 e. The summed E-state index contributed by atoms with van der Waals surface area (Å²) in [5.41, 5.74) is -1.37. The third-order valence-electron chi connectivity index (χ3n) is 8.37. The Hall–Kier alpha value is -0.210. The molecule has 0 amide bonds. The van der Waals surface area contributed by atoms with Gasteiger partial charge in [-0.05, 0) is 62.7 Å². The number of unbranched alkanes of at least 4 members (excludes halogenated alkanes) is 7. The Morgan fingerprint density at radius 1 is 0.655 bits per heavy atom. The van der Waals surface area contributed by atoms with E-state index in [0.29, 0.717) is 31.1 Å². The molecule has 2 rings (SSSR count). The SMILES string of the molecule is CCCCCCCC1CCC(C2CCC(CCCCCC)(C(F)(F)F)CC2)CC1. The molecular formula is C26H47F3. The van der Waals surface area contributed by atoms with E-state index in [1.165, 1.54) is 64.2 Å². The molecule has 2 saturated carbocycles. The van der Waals surface area contributed by atoms with E-state index in [0.717, 1.165) is 44.4 Å². The lowest BCUT2D eigenvalue weighted by atomic mass is 9.62. The maximum absolute atomic E-state index is 13.9. The standard InChI is InChI=1S/C26H47F3/c1-3-5-7-9-10-12-22-13-15-23(16-14-22)24-17-20-25(21-18-24,26(27,28)29)19-11-8-6-4-2/h22-24H,3-21H2,1-2H3. The van der Waals surface area contributed by atoms with Gasteiger partial charge in [-0.2, -0.15) is 13.2 Å². The van der Waals surface area contributed by atoms with Crippen molar-refractivity contribution in [1.82, 2.24) is 0 Å². The minimum absolute atomic E-state index is 0.369. The summed E-state index contributed by atoms with van der Waals surface area (Å²) in [5, 5.41) is 0. The Morgan fingerprint density at radius 3 is 1.72 bits per heavy atom. The number of halogens is 3. The fourth-order valence-electron chi connectivity index (χ4n) is 6.21. The lowest BCUT2D eigenvalue weighted by Crippen LogP contribution is -2.42. The Balaban J connectivity index is 1.72. The maximum Gasteiger partial charge on any atom is 0.394 e. The van der Waals surface area contributed by atoms with Crippen LogP contribution in [0.3, 0.4) is 0 Å². The summed E-state index contributed by atoms with van der Waals surface area (Å²) < 4.78 is 41.8. The van der Waals surface area contributed by atoms with Gasteiger partial charge >= 0.3 is 6.18 Å². The highest BCUT2D eigenvalue weighted by molar-refractivity contribution is 4.93. The molecule has 0 aromatic rings. The summed E-state index contributed by atoms with van der Waals surface area (Å²) >= 11 is 0. The van der Waals surface area contributed by atoms with E-state index in [2.05, 4.69) is 13.8 Å². The van der Waals surface area contributed by atoms with Crippen molar-refractivity contribution in [3.05, 3.63) is 0 Å². The van der Waals surface area contributed by atoms with Crippen LogP contribution >= 0.6 is 0 Å². The van der Waals surface area contributed by atoms with Crippen LogP contribution in [-0.4, -0.2) is 6.18 Å². The Labute approximate surface area is 178 Å². The van der Waals surface area contributed by atoms with E-state index in [1.807, 2.05) is 0 Å². The van der Waals surface area contributed by atoms with Crippen molar-refractivity contribution in [3.8, 4) is 0 Å². The molecule has 0 radical (unpaired) electrons. The molecule has 0 aliphatic heterocycles. The van der Waals surface area contributed by atoms with Crippen molar-refractivity contribution in [2.45, 2.75) is 142 Å². The summed E-state index contributed by atoms with van der Waals surface area (Å²) in [5.74, 6) is 2.16. The molecule has 0 nitrogen and oxygen atoms in total. The number of rotatable bonds is 12. The number of hydrogen-bond donors (Lipinski definition) is 0. The quantitative estimate of drug-likeness (QED) is 0.278. The minimum atomic E-state index is -4.01. The predicted molar refractivity (Wildman–Crippen MR) is 118 cm³/mol. The molecule has 0 bridgehead atoms. The van der Waals surface area contributed by atoms with Crippen LogP contribution in [0.5, 0.6) is 0 Å². The highest BCUT2D eigenvalue weighted by atomic mass is 19.4. The first-order valence-electron chi connectivity index (χ1n) is 13.0. The van der Waals surface area contributed by atoms with Crippen molar-refractivity contribution < 1.29 is 13.2 Å². The van der Waals surface area contributed by atoms with Crippen LogP contribution in [0.25, 0.3) is 0 Å². The highest BCUT2D eigenvalue weighted by Crippen LogP contribution is 2.55. The summed E-state index contributed by atoms with van der Waals surface area (Å²) in [6, 6.07) is 0. The summed E-state index contributed by atoms with van der Waals surface area (Å²) in [6.45, 7) is 4.38. The van der Waals surface area contributed by atoms with E-state index in [4.69, 9.17) is 0 Å². The van der Waals surface area contributed by atoms with Gasteiger partial charge < -0.3 is 0 Å². The molecule has 0 aromatic heterocycles. The molecule has 2 fully saturated rings. The number of alkyl halides is 3. The van der Waals surface area contributed by atoms with Gasteiger partial charge in [-0.15, -0.1) is 0 Å². The van der Waals surface area contributed by atoms with Crippen molar-refractivity contribution in [3.63, 3.8) is 0 Å². The largest absolute Gasteiger partial charge is 0.394 e. The topological polar surface area (TPSA) is 0 Å². The molecule has 172 valence electrons. The van der Waals surface area contributed by atoms with Gasteiger partial charge in [0.15, 0.2) is 0 Å². The molecule has 2 aliphatic rings. The van der Waals surface area contributed by atoms with E-state index < -0.39 is 11.6 Å². The van der Waals surface area contributed by atoms with Gasteiger partial charge in [0.2, 0.25) is 0 Å². The van der Waals surface area contributed by atoms with E-state index in [9.17, 15) is 13.2 Å². The lowest BCUT2D eigenvalue weighted by Gasteiger charge is -2.44. The van der Waals surface area contributed by atoms with E-state index in [1.54, 1.807) is 0 Å². The predicted octanol–water partition coefficient (Wildman–Crippen LogP) is 9.86. The second kappa shape index (κ2) is 12.6. The zero-order chi connectivity index (χ0) is 21.2. The maximum atomic E-state index is 13.9. The van der Waals surface area contributed by atoms with E-state index in [-0.39, 0.29) is 0 Å². The van der Waals surface area contributed by atoms with Crippen LogP contribution in [0.2, 0.25) is 0 Å². The molecular weight excluding hydrogens is 369 g/mol. The molecule has 0 unspecified atom stereocenters. The lowest BCUT2D eigenvalue weighted by molar-refractivity contribution is -0.241. The van der Waals surface area contributed by atoms with Crippen LogP contribution in [0.15, 0.2) is 0 Å². The average molecular weight is 417 g/mol. The molecule has 0 aromatic carbocycles. The third-order valence-corrected chi connectivity index (χ3v) is 8.37. The molecule has 0 spiro atoms. The second-order valence-corrected chi connectivity index (χ2v) is 10.4. The van der Waals surface area contributed by atoms with Crippen LogP contribution < -0.4 is 0 Å². The first-order valence-corrected chi connectivity index (χ1v) is 13.0. The van der Waals surface area contributed by atoms with Gasteiger partial charge in [0.25, 0.3) is 0 Å². The monoisotopic (exact) mass is 416 g/mol. The minimum Gasteiger partial charge on any atom is -0.171 e. The van der Waals surface area contributed by atoms with Crippen molar-refractivity contribution in [2.24, 2.45) is 23.2 Å². The van der Waals surface area contributed by atoms with Crippen LogP contribution in [0, 0.1) is 23.2 Å². The van der Waals surface area contributed by atoms with Crippen LogP contribution in [0.1, 0.15) is 136 Å². The van der Waals surface area contributed by atoms with Gasteiger partial charge in [0, 0.05) is 0 Å². The molecule has 2 aliphatic carbocycles. The van der Waals surface area contributed by atoms with Crippen molar-refractivity contribution >= 4 is 0 Å². The molecule has 3 heteroatoms. The Morgan fingerprint density at radius 2 is 1.17 bits per heavy atom. The molecule has 0 N–H and O–H groups in total. The molecule has 29 heavy (non-hydrogen) atoms. The Bertz CT molecular complexity index is 412. The zero-order valence-corrected chi connectivity index (χ0v) is 19.3. The van der Waals surface area contributed by atoms with Gasteiger partial charge in [-0.3, -0.25) is 0 Å². The first kappa shape index (κ1) is 25.1. The number of hydrogen-bond acceptors (Lipinski definition) is 0. The van der Waals surface area contributed by atoms with Gasteiger partial charge in [-0.25, -0.2) is 0 Å². The second-order valence-electron chi connectivity index (χ2n) is 10.4. The molecule has 0 heterocycles. The van der Waals surface area contributed by atoms with Crippen molar-refractivity contribution in [2.75, 3.05) is 0 Å². The molecule has 0 atom stereocenters. The molecule has 0 saturated heterocycles. The summed E-state index contributed by atoms with van der Waals surface area (Å²) in [6.07, 6.45) is 16.1. The highest BCUT2D eigenvalue weighted by Gasteiger charge is 2.55.